The molecule has 0 heterocycles. The average Bonchev–Trinajstić information content (AvgIpc) is 2.57. The van der Waals surface area contributed by atoms with Gasteiger partial charge in [0, 0.05) is 0 Å². The van der Waals surface area contributed by atoms with E-state index in [1.165, 1.54) is 0 Å². The van der Waals surface area contributed by atoms with E-state index in [4.69, 9.17) is 4.74 Å². The van der Waals surface area contributed by atoms with E-state index in [9.17, 15) is 19.2 Å². The molecule has 0 aliphatic rings. The van der Waals surface area contributed by atoms with Crippen molar-refractivity contribution in [3.63, 3.8) is 0 Å². The summed E-state index contributed by atoms with van der Waals surface area (Å²) in [5.41, 5.74) is 0.821. The van der Waals surface area contributed by atoms with Gasteiger partial charge in [0.05, 0.1) is 13.2 Å². The van der Waals surface area contributed by atoms with Crippen LogP contribution in [0.5, 0.6) is 0 Å². The number of ether oxygens (including phenoxy) is 2. The van der Waals surface area contributed by atoms with Crippen LogP contribution in [0.4, 0.5) is 4.79 Å². The summed E-state index contributed by atoms with van der Waals surface area (Å²) >= 11 is 0. The number of nitrogens with one attached hydrogen (secondary N) is 2. The summed E-state index contributed by atoms with van der Waals surface area (Å²) in [6.45, 7) is 1.27. The van der Waals surface area contributed by atoms with Gasteiger partial charge in [0.25, 0.3) is 0 Å². The predicted molar refractivity (Wildman–Crippen MR) is 83.9 cm³/mol. The number of esters is 1. The van der Waals surface area contributed by atoms with Crippen LogP contribution in [0.1, 0.15) is 18.9 Å². The molecular weight excluding hydrogens is 316 g/mol. The maximum absolute atomic E-state index is 11.5. The number of amides is 2. The zero-order valence-electron chi connectivity index (χ0n) is 13.4. The summed E-state index contributed by atoms with van der Waals surface area (Å²) < 4.78 is 9.54. The van der Waals surface area contributed by atoms with Gasteiger partial charge in [0.1, 0.15) is 19.6 Å². The van der Waals surface area contributed by atoms with Crippen LogP contribution in [-0.4, -0.2) is 43.4 Å². The molecule has 0 aromatic heterocycles. The molecule has 0 aliphatic carbocycles. The van der Waals surface area contributed by atoms with Crippen molar-refractivity contribution in [1.82, 2.24) is 10.6 Å². The lowest BCUT2D eigenvalue weighted by Crippen LogP contribution is -2.39. The first kappa shape index (κ1) is 19.1. The number of benzene rings is 1. The predicted octanol–water partition coefficient (Wildman–Crippen LogP) is 0.551. The van der Waals surface area contributed by atoms with E-state index in [1.807, 2.05) is 18.2 Å². The second-order valence-corrected chi connectivity index (χ2v) is 4.71. The van der Waals surface area contributed by atoms with Crippen LogP contribution < -0.4 is 10.6 Å². The van der Waals surface area contributed by atoms with Gasteiger partial charge in [-0.05, 0) is 12.5 Å². The van der Waals surface area contributed by atoms with Crippen molar-refractivity contribution in [2.75, 3.05) is 19.7 Å². The van der Waals surface area contributed by atoms with Crippen LogP contribution in [0.2, 0.25) is 0 Å². The third-order valence-corrected chi connectivity index (χ3v) is 2.74. The topological polar surface area (TPSA) is 111 Å². The molecule has 0 unspecified atom stereocenters. The molecule has 1 aromatic carbocycles. The molecule has 1 rings (SSSR count). The van der Waals surface area contributed by atoms with Gasteiger partial charge in [-0.3, -0.25) is 14.4 Å². The molecular formula is C16H20N2O6. The molecule has 2 N–H and O–H groups in total. The molecule has 8 nitrogen and oxygen atoms in total. The number of ketones is 1. The fourth-order valence-corrected chi connectivity index (χ4v) is 1.62. The maximum Gasteiger partial charge on any atom is 0.407 e. The number of hydrogen-bond donors (Lipinski definition) is 2. The molecule has 0 saturated carbocycles. The van der Waals surface area contributed by atoms with E-state index in [0.29, 0.717) is 0 Å². The van der Waals surface area contributed by atoms with Crippen molar-refractivity contribution in [2.45, 2.75) is 20.0 Å². The summed E-state index contributed by atoms with van der Waals surface area (Å²) in [4.78, 5) is 45.4. The highest BCUT2D eigenvalue weighted by Gasteiger charge is 2.12. The monoisotopic (exact) mass is 336 g/mol. The molecule has 0 bridgehead atoms. The fourth-order valence-electron chi connectivity index (χ4n) is 1.62. The Morgan fingerprint density at radius 3 is 2.33 bits per heavy atom. The lowest BCUT2D eigenvalue weighted by atomic mass is 10.2. The average molecular weight is 336 g/mol. The van der Waals surface area contributed by atoms with Crippen molar-refractivity contribution >= 4 is 23.8 Å². The molecule has 1 aromatic rings. The van der Waals surface area contributed by atoms with Crippen LogP contribution >= 0.6 is 0 Å². The van der Waals surface area contributed by atoms with Crippen LogP contribution in [0, 0.1) is 0 Å². The Hall–Kier alpha value is -2.90. The molecule has 8 heteroatoms. The highest BCUT2D eigenvalue weighted by molar-refractivity contribution is 5.98. The first-order valence-corrected chi connectivity index (χ1v) is 7.39. The Morgan fingerprint density at radius 1 is 0.958 bits per heavy atom. The van der Waals surface area contributed by atoms with Crippen LogP contribution in [0.15, 0.2) is 30.3 Å². The van der Waals surface area contributed by atoms with Gasteiger partial charge in [0.2, 0.25) is 5.91 Å². The van der Waals surface area contributed by atoms with Crippen molar-refractivity contribution < 1.29 is 28.7 Å². The van der Waals surface area contributed by atoms with Gasteiger partial charge < -0.3 is 20.1 Å². The summed E-state index contributed by atoms with van der Waals surface area (Å²) in [5, 5.41) is 4.55. The van der Waals surface area contributed by atoms with Crippen LogP contribution in [0.3, 0.4) is 0 Å². The Bertz CT molecular complexity index is 573. The SMILES string of the molecule is CCOC(=O)CC(=O)CNC(=O)CNC(=O)OCc1ccccc1. The van der Waals surface area contributed by atoms with Gasteiger partial charge >= 0.3 is 12.1 Å². The van der Waals surface area contributed by atoms with Gasteiger partial charge in [0.15, 0.2) is 5.78 Å². The second kappa shape index (κ2) is 10.8. The molecule has 0 spiro atoms. The molecule has 0 aliphatic heterocycles. The highest BCUT2D eigenvalue weighted by atomic mass is 16.5. The Labute approximate surface area is 139 Å². The van der Waals surface area contributed by atoms with Crippen molar-refractivity contribution in [1.29, 1.82) is 0 Å². The summed E-state index contributed by atoms with van der Waals surface area (Å²) in [6.07, 6.45) is -1.15. The lowest BCUT2D eigenvalue weighted by Gasteiger charge is -2.07. The smallest absolute Gasteiger partial charge is 0.407 e. The van der Waals surface area contributed by atoms with E-state index >= 15 is 0 Å². The molecule has 0 fully saturated rings. The number of Topliss-reactive ketones (excluding diaryl/α,β-unsaturated/α-hetero) is 1. The van der Waals surface area contributed by atoms with Gasteiger partial charge in [-0.1, -0.05) is 30.3 Å². The Balaban J connectivity index is 2.15. The Morgan fingerprint density at radius 2 is 1.67 bits per heavy atom. The van der Waals surface area contributed by atoms with Crippen molar-refractivity contribution in [3.05, 3.63) is 35.9 Å². The van der Waals surface area contributed by atoms with E-state index < -0.39 is 30.2 Å². The number of carbonyl (C=O) groups is 4. The largest absolute Gasteiger partial charge is 0.466 e. The first-order chi connectivity index (χ1) is 11.5. The van der Waals surface area contributed by atoms with Gasteiger partial charge in [-0.15, -0.1) is 0 Å². The standard InChI is InChI=1S/C16H20N2O6/c1-2-23-15(21)8-13(19)9-17-14(20)10-18-16(22)24-11-12-6-4-3-5-7-12/h3-7H,2,8-11H2,1H3,(H,17,20)(H,18,22). The van der Waals surface area contributed by atoms with E-state index in [1.54, 1.807) is 19.1 Å². The normalized spacial score (nSPS) is 9.71. The summed E-state index contributed by atoms with van der Waals surface area (Å²) in [6, 6.07) is 9.08. The minimum Gasteiger partial charge on any atom is -0.466 e. The third-order valence-electron chi connectivity index (χ3n) is 2.74. The van der Waals surface area contributed by atoms with E-state index in [0.717, 1.165) is 5.56 Å². The number of carbonyl (C=O) groups excluding carboxylic acids is 4. The van der Waals surface area contributed by atoms with Crippen LogP contribution in [0.25, 0.3) is 0 Å². The summed E-state index contributed by atoms with van der Waals surface area (Å²) in [5.74, 6) is -1.68. The first-order valence-electron chi connectivity index (χ1n) is 7.39. The minimum absolute atomic E-state index is 0.0896. The zero-order valence-corrected chi connectivity index (χ0v) is 13.4. The maximum atomic E-state index is 11.5. The Kier molecular flexibility index (Phi) is 8.59. The second-order valence-electron chi connectivity index (χ2n) is 4.71. The van der Waals surface area contributed by atoms with Crippen LogP contribution in [-0.2, 0) is 30.5 Å². The minimum atomic E-state index is -0.744. The number of rotatable bonds is 9. The fraction of sp³-hybridized carbons (Fsp3) is 0.375. The van der Waals surface area contributed by atoms with E-state index in [2.05, 4.69) is 15.4 Å². The molecule has 0 atom stereocenters. The summed E-state index contributed by atoms with van der Waals surface area (Å²) in [7, 11) is 0. The van der Waals surface area contributed by atoms with E-state index in [-0.39, 0.29) is 26.3 Å². The number of alkyl carbamates (subject to hydrolysis) is 1. The number of hydrogen-bond acceptors (Lipinski definition) is 6. The molecule has 0 saturated heterocycles. The highest BCUT2D eigenvalue weighted by Crippen LogP contribution is 2.00. The van der Waals surface area contributed by atoms with Gasteiger partial charge in [-0.2, -0.15) is 0 Å². The van der Waals surface area contributed by atoms with Gasteiger partial charge in [-0.25, -0.2) is 4.79 Å². The lowest BCUT2D eigenvalue weighted by molar-refractivity contribution is -0.145. The quantitative estimate of drug-likeness (QED) is 0.503. The van der Waals surface area contributed by atoms with Crippen molar-refractivity contribution in [2.24, 2.45) is 0 Å². The zero-order chi connectivity index (χ0) is 17.8. The molecule has 2 amide bonds. The molecule has 24 heavy (non-hydrogen) atoms. The third kappa shape index (κ3) is 8.52. The molecule has 0 radical (unpaired) electrons. The van der Waals surface area contributed by atoms with Crippen molar-refractivity contribution in [3.8, 4) is 0 Å². The molecule has 130 valence electrons.